The van der Waals surface area contributed by atoms with Crippen molar-refractivity contribution in [2.75, 3.05) is 13.7 Å². The molecule has 3 N–H and O–H groups in total. The van der Waals surface area contributed by atoms with E-state index in [0.717, 1.165) is 54.5 Å². The Morgan fingerprint density at radius 1 is 0.810 bits per heavy atom. The molecule has 2 rings (SSSR count). The largest absolute Gasteiger partial charge is 0.497 e. The standard InChI is InChI=1S/C34H52NO6P/c1-3-4-5-6-7-8-9-10-11-12-13-14-15-16-17-18-34(36)35-32(28-41-42(37,38)39)27-29-19-21-30(22-20-29)31-23-25-33(40-2)26-24-31/h10-11,19-26,32H,3-9,12-18,27-28H2,1-2H3,(H,35,36)(H2,37,38,39)/b11-10-. The van der Waals surface area contributed by atoms with E-state index in [0.29, 0.717) is 12.8 Å². The number of rotatable bonds is 23. The van der Waals surface area contributed by atoms with E-state index in [1.165, 1.54) is 51.4 Å². The Hall–Kier alpha value is -2.44. The van der Waals surface area contributed by atoms with Crippen LogP contribution in [0.5, 0.6) is 5.75 Å². The van der Waals surface area contributed by atoms with Crippen molar-refractivity contribution < 1.29 is 28.4 Å². The highest BCUT2D eigenvalue weighted by Crippen LogP contribution is 2.36. The lowest BCUT2D eigenvalue weighted by Crippen LogP contribution is -2.39. The van der Waals surface area contributed by atoms with Gasteiger partial charge in [0.1, 0.15) is 5.75 Å². The third kappa shape index (κ3) is 16.9. The highest BCUT2D eigenvalue weighted by atomic mass is 31.2. The zero-order valence-corrected chi connectivity index (χ0v) is 26.5. The van der Waals surface area contributed by atoms with Crippen LogP contribution in [0.3, 0.4) is 0 Å². The van der Waals surface area contributed by atoms with Crippen molar-refractivity contribution in [2.45, 2.75) is 109 Å². The van der Waals surface area contributed by atoms with Gasteiger partial charge in [-0.2, -0.15) is 0 Å². The summed E-state index contributed by atoms with van der Waals surface area (Å²) in [6, 6.07) is 15.1. The van der Waals surface area contributed by atoms with Gasteiger partial charge in [0.05, 0.1) is 19.8 Å². The van der Waals surface area contributed by atoms with Crippen LogP contribution in [-0.2, 0) is 20.3 Å². The van der Waals surface area contributed by atoms with Gasteiger partial charge in [0, 0.05) is 6.42 Å². The number of amides is 1. The first-order valence-corrected chi connectivity index (χ1v) is 17.2. The number of carbonyl (C=O) groups excluding carboxylic acids is 1. The predicted octanol–water partition coefficient (Wildman–Crippen LogP) is 8.54. The molecule has 0 spiro atoms. The molecule has 1 unspecified atom stereocenters. The number of benzene rings is 2. The van der Waals surface area contributed by atoms with E-state index in [-0.39, 0.29) is 12.5 Å². The first-order valence-electron chi connectivity index (χ1n) is 15.7. The first kappa shape index (κ1) is 35.8. The molecule has 234 valence electrons. The second-order valence-corrected chi connectivity index (χ2v) is 12.3. The third-order valence-electron chi connectivity index (χ3n) is 7.33. The zero-order valence-electron chi connectivity index (χ0n) is 25.6. The summed E-state index contributed by atoms with van der Waals surface area (Å²) in [5, 5.41) is 2.92. The molecule has 0 aliphatic rings. The van der Waals surface area contributed by atoms with E-state index in [2.05, 4.69) is 24.4 Å². The quantitative estimate of drug-likeness (QED) is 0.0670. The molecule has 0 aromatic heterocycles. The lowest BCUT2D eigenvalue weighted by Gasteiger charge is -2.19. The normalized spacial score (nSPS) is 12.5. The van der Waals surface area contributed by atoms with Crippen molar-refractivity contribution in [2.24, 2.45) is 0 Å². The van der Waals surface area contributed by atoms with Gasteiger partial charge < -0.3 is 19.8 Å². The van der Waals surface area contributed by atoms with Crippen LogP contribution >= 0.6 is 7.82 Å². The van der Waals surface area contributed by atoms with Crippen LogP contribution in [0.1, 0.15) is 102 Å². The number of unbranched alkanes of at least 4 members (excludes halogenated alkanes) is 11. The smallest absolute Gasteiger partial charge is 0.469 e. The van der Waals surface area contributed by atoms with Gasteiger partial charge in [0.2, 0.25) is 5.91 Å². The molecule has 0 heterocycles. The van der Waals surface area contributed by atoms with E-state index in [9.17, 15) is 19.1 Å². The fourth-order valence-corrected chi connectivity index (χ4v) is 5.27. The molecule has 2 aromatic rings. The Labute approximate surface area is 253 Å². The summed E-state index contributed by atoms with van der Waals surface area (Å²) in [4.78, 5) is 31.0. The minimum Gasteiger partial charge on any atom is -0.497 e. The highest BCUT2D eigenvalue weighted by Gasteiger charge is 2.20. The molecule has 1 amide bonds. The molecule has 1 atom stereocenters. The minimum atomic E-state index is -4.64. The van der Waals surface area contributed by atoms with Crippen LogP contribution in [0, 0.1) is 0 Å². The number of phosphoric ester groups is 1. The van der Waals surface area contributed by atoms with Crippen LogP contribution in [0.2, 0.25) is 0 Å². The summed E-state index contributed by atoms with van der Waals surface area (Å²) < 4.78 is 21.3. The summed E-state index contributed by atoms with van der Waals surface area (Å²) in [5.41, 5.74) is 3.03. The Kier molecular flexibility index (Phi) is 18.1. The topological polar surface area (TPSA) is 105 Å². The number of carbonyl (C=O) groups is 1. The van der Waals surface area contributed by atoms with Gasteiger partial charge in [-0.3, -0.25) is 9.32 Å². The number of allylic oxidation sites excluding steroid dienone is 2. The average Bonchev–Trinajstić information content (AvgIpc) is 2.98. The van der Waals surface area contributed by atoms with Crippen LogP contribution in [0.4, 0.5) is 0 Å². The van der Waals surface area contributed by atoms with Gasteiger partial charge in [-0.05, 0) is 67.3 Å². The second-order valence-electron chi connectivity index (χ2n) is 11.0. The Morgan fingerprint density at radius 3 is 1.88 bits per heavy atom. The van der Waals surface area contributed by atoms with E-state index < -0.39 is 13.9 Å². The molecule has 8 heteroatoms. The monoisotopic (exact) mass is 601 g/mol. The molecule has 0 bridgehead atoms. The van der Waals surface area contributed by atoms with Crippen LogP contribution in [-0.4, -0.2) is 35.5 Å². The van der Waals surface area contributed by atoms with Crippen LogP contribution in [0.15, 0.2) is 60.7 Å². The number of nitrogens with one attached hydrogen (secondary N) is 1. The Balaban J connectivity index is 1.68. The van der Waals surface area contributed by atoms with Crippen molar-refractivity contribution in [3.63, 3.8) is 0 Å². The maximum Gasteiger partial charge on any atom is 0.469 e. The molecule has 0 fully saturated rings. The molecule has 0 aliphatic carbocycles. The molecule has 0 saturated carbocycles. The molecular formula is C34H52NO6P. The molecule has 42 heavy (non-hydrogen) atoms. The van der Waals surface area contributed by atoms with Crippen molar-refractivity contribution in [1.29, 1.82) is 0 Å². The van der Waals surface area contributed by atoms with Gasteiger partial charge in [-0.25, -0.2) is 4.57 Å². The molecule has 7 nitrogen and oxygen atoms in total. The summed E-state index contributed by atoms with van der Waals surface area (Å²) in [6.07, 6.45) is 21.0. The van der Waals surface area contributed by atoms with E-state index in [4.69, 9.17) is 9.26 Å². The van der Waals surface area contributed by atoms with Gasteiger partial charge in [-0.1, -0.05) is 107 Å². The third-order valence-corrected chi connectivity index (χ3v) is 7.82. The number of phosphoric acid groups is 1. The number of methoxy groups -OCH3 is 1. The Morgan fingerprint density at radius 2 is 1.33 bits per heavy atom. The van der Waals surface area contributed by atoms with E-state index in [1.54, 1.807) is 7.11 Å². The van der Waals surface area contributed by atoms with E-state index in [1.807, 2.05) is 48.5 Å². The van der Waals surface area contributed by atoms with Crippen molar-refractivity contribution in [3.8, 4) is 16.9 Å². The molecule has 0 aliphatic heterocycles. The van der Waals surface area contributed by atoms with Gasteiger partial charge in [0.25, 0.3) is 0 Å². The number of hydrogen-bond acceptors (Lipinski definition) is 4. The van der Waals surface area contributed by atoms with E-state index >= 15 is 0 Å². The maximum atomic E-state index is 12.6. The fraction of sp³-hybridized carbons (Fsp3) is 0.559. The average molecular weight is 602 g/mol. The minimum absolute atomic E-state index is 0.123. The van der Waals surface area contributed by atoms with Crippen molar-refractivity contribution in [3.05, 3.63) is 66.2 Å². The summed E-state index contributed by atoms with van der Waals surface area (Å²) in [6.45, 7) is 1.99. The molecular weight excluding hydrogens is 549 g/mol. The molecule has 2 aromatic carbocycles. The molecule has 0 radical (unpaired) electrons. The summed E-state index contributed by atoms with van der Waals surface area (Å²) in [5.74, 6) is 0.669. The second kappa shape index (κ2) is 21.3. The van der Waals surface area contributed by atoms with Crippen molar-refractivity contribution in [1.82, 2.24) is 5.32 Å². The van der Waals surface area contributed by atoms with Gasteiger partial charge >= 0.3 is 7.82 Å². The first-order chi connectivity index (χ1) is 20.3. The summed E-state index contributed by atoms with van der Waals surface area (Å²) >= 11 is 0. The SMILES string of the molecule is CCCCCCCC/C=C\CCCCCCCC(=O)NC(COP(=O)(O)O)Cc1ccc(-c2ccc(OC)cc2)cc1. The summed E-state index contributed by atoms with van der Waals surface area (Å²) in [7, 11) is -3.01. The van der Waals surface area contributed by atoms with Gasteiger partial charge in [-0.15, -0.1) is 0 Å². The van der Waals surface area contributed by atoms with Crippen LogP contribution in [0.25, 0.3) is 11.1 Å². The zero-order chi connectivity index (χ0) is 30.5. The highest BCUT2D eigenvalue weighted by molar-refractivity contribution is 7.46. The lowest BCUT2D eigenvalue weighted by molar-refractivity contribution is -0.122. The lowest BCUT2D eigenvalue weighted by atomic mass is 10.0. The fourth-order valence-electron chi connectivity index (χ4n) is 4.90. The predicted molar refractivity (Wildman–Crippen MR) is 172 cm³/mol. The Bertz CT molecular complexity index is 1060. The number of ether oxygens (including phenoxy) is 1. The van der Waals surface area contributed by atoms with Gasteiger partial charge in [0.15, 0.2) is 0 Å². The van der Waals surface area contributed by atoms with Crippen LogP contribution < -0.4 is 10.1 Å². The van der Waals surface area contributed by atoms with Crippen molar-refractivity contribution >= 4 is 13.7 Å². The maximum absolute atomic E-state index is 12.6. The molecule has 0 saturated heterocycles. The number of hydrogen-bond donors (Lipinski definition) is 3.